The normalized spacial score (nSPS) is 10.3. The van der Waals surface area contributed by atoms with Gasteiger partial charge in [0.1, 0.15) is 6.07 Å². The molecule has 2 rings (SSSR count). The van der Waals surface area contributed by atoms with Gasteiger partial charge in [-0.25, -0.2) is 0 Å². The van der Waals surface area contributed by atoms with Crippen molar-refractivity contribution in [1.29, 1.82) is 5.26 Å². The molecule has 0 aliphatic rings. The Hall–Kier alpha value is -1.92. The quantitative estimate of drug-likeness (QED) is 0.766. The Morgan fingerprint density at radius 3 is 2.80 bits per heavy atom. The first kappa shape index (κ1) is 9.63. The van der Waals surface area contributed by atoms with E-state index in [1.165, 1.54) is 5.56 Å². The average molecular weight is 212 g/mol. The van der Waals surface area contributed by atoms with Gasteiger partial charge in [-0.1, -0.05) is 6.08 Å². The van der Waals surface area contributed by atoms with E-state index in [9.17, 15) is 0 Å². The zero-order valence-electron chi connectivity index (χ0n) is 7.92. The first-order valence-corrected chi connectivity index (χ1v) is 5.39. The fourth-order valence-corrected chi connectivity index (χ4v) is 1.75. The number of aromatic nitrogens is 1. The molecule has 0 amide bonds. The van der Waals surface area contributed by atoms with Crippen LogP contribution in [0.2, 0.25) is 0 Å². The third-order valence-corrected chi connectivity index (χ3v) is 2.61. The molecule has 0 radical (unpaired) electrons. The van der Waals surface area contributed by atoms with Gasteiger partial charge in [0.15, 0.2) is 0 Å². The van der Waals surface area contributed by atoms with Crippen molar-refractivity contribution >= 4 is 23.5 Å². The Labute approximate surface area is 92.1 Å². The van der Waals surface area contributed by atoms with Gasteiger partial charge < -0.3 is 0 Å². The average Bonchev–Trinajstić information content (AvgIpc) is 2.80. The first-order chi connectivity index (χ1) is 7.38. The summed E-state index contributed by atoms with van der Waals surface area (Å²) in [7, 11) is 0. The summed E-state index contributed by atoms with van der Waals surface area (Å²) >= 11 is 1.67. The molecular formula is C12H8N2S. The molecule has 0 bridgehead atoms. The van der Waals surface area contributed by atoms with Gasteiger partial charge in [0.25, 0.3) is 0 Å². The standard InChI is InChI=1S/C12H8N2S/c13-7-11-2-4-12(14-8-11)3-1-10-5-6-15-9-10/h1-6,8-9H. The third kappa shape index (κ3) is 2.52. The van der Waals surface area contributed by atoms with Crippen LogP contribution in [0.5, 0.6) is 0 Å². The van der Waals surface area contributed by atoms with Crippen LogP contribution in [0.15, 0.2) is 35.2 Å². The Balaban J connectivity index is 2.15. The lowest BCUT2D eigenvalue weighted by molar-refractivity contribution is 1.27. The zero-order valence-corrected chi connectivity index (χ0v) is 8.74. The Morgan fingerprint density at radius 2 is 2.20 bits per heavy atom. The second kappa shape index (κ2) is 4.54. The summed E-state index contributed by atoms with van der Waals surface area (Å²) in [4.78, 5) is 4.14. The van der Waals surface area contributed by atoms with E-state index in [1.54, 1.807) is 23.6 Å². The van der Waals surface area contributed by atoms with Crippen molar-refractivity contribution < 1.29 is 0 Å². The van der Waals surface area contributed by atoms with Crippen LogP contribution in [-0.2, 0) is 0 Å². The van der Waals surface area contributed by atoms with Crippen LogP contribution in [0.25, 0.3) is 12.2 Å². The molecule has 2 nitrogen and oxygen atoms in total. The van der Waals surface area contributed by atoms with Gasteiger partial charge in [0.2, 0.25) is 0 Å². The van der Waals surface area contributed by atoms with Crippen molar-refractivity contribution in [2.75, 3.05) is 0 Å². The molecule has 0 spiro atoms. The third-order valence-electron chi connectivity index (χ3n) is 1.91. The highest BCUT2D eigenvalue weighted by Gasteiger charge is 1.91. The van der Waals surface area contributed by atoms with Gasteiger partial charge in [-0.15, -0.1) is 0 Å². The Morgan fingerprint density at radius 1 is 1.27 bits per heavy atom. The lowest BCUT2D eigenvalue weighted by atomic mass is 10.2. The minimum absolute atomic E-state index is 0.586. The van der Waals surface area contributed by atoms with Crippen LogP contribution < -0.4 is 0 Å². The largest absolute Gasteiger partial charge is 0.256 e. The van der Waals surface area contributed by atoms with Crippen LogP contribution >= 0.6 is 11.3 Å². The Bertz CT molecular complexity index is 489. The van der Waals surface area contributed by atoms with Crippen molar-refractivity contribution in [2.24, 2.45) is 0 Å². The summed E-state index contributed by atoms with van der Waals surface area (Å²) in [5, 5.41) is 12.7. The van der Waals surface area contributed by atoms with E-state index in [-0.39, 0.29) is 0 Å². The maximum absolute atomic E-state index is 8.60. The molecule has 2 heterocycles. The van der Waals surface area contributed by atoms with E-state index in [4.69, 9.17) is 5.26 Å². The highest BCUT2D eigenvalue weighted by atomic mass is 32.1. The second-order valence-electron chi connectivity index (χ2n) is 2.97. The SMILES string of the molecule is N#Cc1ccc(C=Cc2ccsc2)nc1. The van der Waals surface area contributed by atoms with Crippen molar-refractivity contribution in [2.45, 2.75) is 0 Å². The van der Waals surface area contributed by atoms with E-state index in [0.29, 0.717) is 5.56 Å². The van der Waals surface area contributed by atoms with Crippen LogP contribution in [0.3, 0.4) is 0 Å². The molecule has 0 saturated carbocycles. The maximum Gasteiger partial charge on any atom is 0.101 e. The molecular weight excluding hydrogens is 204 g/mol. The van der Waals surface area contributed by atoms with Crippen LogP contribution in [0.4, 0.5) is 0 Å². The molecule has 0 saturated heterocycles. The van der Waals surface area contributed by atoms with Crippen molar-refractivity contribution in [3.8, 4) is 6.07 Å². The van der Waals surface area contributed by atoms with Gasteiger partial charge >= 0.3 is 0 Å². The fraction of sp³-hybridized carbons (Fsp3) is 0. The van der Waals surface area contributed by atoms with E-state index in [2.05, 4.69) is 10.4 Å². The van der Waals surface area contributed by atoms with Crippen molar-refractivity contribution in [3.05, 3.63) is 52.0 Å². The summed E-state index contributed by atoms with van der Waals surface area (Å²) in [5.41, 5.74) is 2.62. The van der Waals surface area contributed by atoms with E-state index >= 15 is 0 Å². The maximum atomic E-state index is 8.60. The molecule has 0 aromatic carbocycles. The number of thiophene rings is 1. The molecule has 15 heavy (non-hydrogen) atoms. The minimum Gasteiger partial charge on any atom is -0.256 e. The highest BCUT2D eigenvalue weighted by molar-refractivity contribution is 7.08. The molecule has 0 unspecified atom stereocenters. The van der Waals surface area contributed by atoms with Gasteiger partial charge in [-0.2, -0.15) is 16.6 Å². The number of hydrogen-bond acceptors (Lipinski definition) is 3. The molecule has 0 aliphatic carbocycles. The summed E-state index contributed by atoms with van der Waals surface area (Å²) in [6, 6.07) is 7.68. The predicted molar refractivity (Wildman–Crippen MR) is 62.2 cm³/mol. The lowest BCUT2D eigenvalue weighted by Gasteiger charge is -1.91. The molecule has 2 aromatic heterocycles. The van der Waals surface area contributed by atoms with E-state index in [0.717, 1.165) is 5.69 Å². The van der Waals surface area contributed by atoms with E-state index < -0.39 is 0 Å². The predicted octanol–water partition coefficient (Wildman–Crippen LogP) is 3.19. The number of hydrogen-bond donors (Lipinski definition) is 0. The first-order valence-electron chi connectivity index (χ1n) is 4.45. The van der Waals surface area contributed by atoms with Gasteiger partial charge in [0.05, 0.1) is 11.3 Å². The Kier molecular flexibility index (Phi) is 2.91. The number of rotatable bonds is 2. The van der Waals surface area contributed by atoms with Crippen LogP contribution in [0, 0.1) is 11.3 Å². The number of nitriles is 1. The van der Waals surface area contributed by atoms with Crippen molar-refractivity contribution in [3.63, 3.8) is 0 Å². The summed E-state index contributed by atoms with van der Waals surface area (Å²) in [6.45, 7) is 0. The van der Waals surface area contributed by atoms with Gasteiger partial charge in [-0.05, 0) is 40.6 Å². The van der Waals surface area contributed by atoms with Gasteiger partial charge in [0, 0.05) is 6.20 Å². The summed E-state index contributed by atoms with van der Waals surface area (Å²) < 4.78 is 0. The van der Waals surface area contributed by atoms with Crippen LogP contribution in [-0.4, -0.2) is 4.98 Å². The highest BCUT2D eigenvalue weighted by Crippen LogP contribution is 2.10. The van der Waals surface area contributed by atoms with Crippen LogP contribution in [0.1, 0.15) is 16.8 Å². The molecule has 3 heteroatoms. The fourth-order valence-electron chi connectivity index (χ4n) is 1.12. The molecule has 0 fully saturated rings. The molecule has 0 aliphatic heterocycles. The molecule has 0 atom stereocenters. The molecule has 0 N–H and O–H groups in total. The topological polar surface area (TPSA) is 36.7 Å². The van der Waals surface area contributed by atoms with Gasteiger partial charge in [-0.3, -0.25) is 4.98 Å². The monoisotopic (exact) mass is 212 g/mol. The minimum atomic E-state index is 0.586. The molecule has 2 aromatic rings. The lowest BCUT2D eigenvalue weighted by Crippen LogP contribution is -1.81. The summed E-state index contributed by atoms with van der Waals surface area (Å²) in [6.07, 6.45) is 5.52. The smallest absolute Gasteiger partial charge is 0.101 e. The number of pyridine rings is 1. The number of nitrogens with zero attached hydrogens (tertiary/aromatic N) is 2. The second-order valence-corrected chi connectivity index (χ2v) is 3.75. The zero-order chi connectivity index (χ0) is 10.5. The summed E-state index contributed by atoms with van der Waals surface area (Å²) in [5.74, 6) is 0. The van der Waals surface area contributed by atoms with E-state index in [1.807, 2.05) is 35.7 Å². The molecule has 72 valence electrons. The van der Waals surface area contributed by atoms with Crippen molar-refractivity contribution in [1.82, 2.24) is 4.98 Å².